The van der Waals surface area contributed by atoms with E-state index in [1.807, 2.05) is 13.1 Å². The lowest BCUT2D eigenvalue weighted by atomic mass is 10.1. The molecule has 1 aliphatic heterocycles. The molecule has 1 saturated heterocycles. The van der Waals surface area contributed by atoms with Gasteiger partial charge in [0.2, 0.25) is 5.95 Å². The number of aliphatic imine (C=N–C) groups is 1. The quantitative estimate of drug-likeness (QED) is 0.339. The number of anilines is 1. The average Bonchev–Trinajstić information content (AvgIpc) is 2.77. The predicted molar refractivity (Wildman–Crippen MR) is 130 cm³/mol. The van der Waals surface area contributed by atoms with E-state index in [2.05, 4.69) is 66.6 Å². The lowest BCUT2D eigenvalue weighted by Crippen LogP contribution is -2.49. The fourth-order valence-electron chi connectivity index (χ4n) is 3.43. The van der Waals surface area contributed by atoms with Crippen molar-refractivity contribution >= 4 is 35.9 Å². The van der Waals surface area contributed by atoms with Crippen LogP contribution in [0.3, 0.4) is 0 Å². The summed E-state index contributed by atoms with van der Waals surface area (Å²) < 4.78 is 0. The smallest absolute Gasteiger partial charge is 0.225 e. The second-order valence-electron chi connectivity index (χ2n) is 6.85. The van der Waals surface area contributed by atoms with Gasteiger partial charge >= 0.3 is 0 Å². The molecule has 7 nitrogen and oxygen atoms in total. The van der Waals surface area contributed by atoms with E-state index in [9.17, 15) is 0 Å². The summed E-state index contributed by atoms with van der Waals surface area (Å²) in [5.74, 6) is 1.68. The molecular weight excluding hydrogens is 477 g/mol. The van der Waals surface area contributed by atoms with Crippen LogP contribution in [0.2, 0.25) is 0 Å². The van der Waals surface area contributed by atoms with Crippen LogP contribution >= 0.6 is 24.0 Å². The van der Waals surface area contributed by atoms with Crippen LogP contribution in [0.15, 0.2) is 47.7 Å². The van der Waals surface area contributed by atoms with Crippen LogP contribution in [0.5, 0.6) is 0 Å². The molecule has 0 aliphatic carbocycles. The Hall–Kier alpha value is -1.94. The van der Waals surface area contributed by atoms with Crippen LogP contribution in [0, 0.1) is 0 Å². The summed E-state index contributed by atoms with van der Waals surface area (Å²) in [5.41, 5.74) is 2.71. The molecule has 0 atom stereocenters. The summed E-state index contributed by atoms with van der Waals surface area (Å²) in [6.45, 7) is 8.82. The minimum atomic E-state index is 0. The van der Waals surface area contributed by atoms with Gasteiger partial charge in [-0.25, -0.2) is 9.97 Å². The third kappa shape index (κ3) is 7.11. The summed E-state index contributed by atoms with van der Waals surface area (Å²) in [6.07, 6.45) is 4.65. The van der Waals surface area contributed by atoms with Gasteiger partial charge in [-0.05, 0) is 23.6 Å². The Kier molecular flexibility index (Phi) is 10.1. The first-order valence-corrected chi connectivity index (χ1v) is 10.1. The van der Waals surface area contributed by atoms with Gasteiger partial charge in [0, 0.05) is 65.3 Å². The van der Waals surface area contributed by atoms with Crippen LogP contribution in [0.25, 0.3) is 0 Å². The van der Waals surface area contributed by atoms with Gasteiger partial charge in [0.15, 0.2) is 5.96 Å². The molecule has 0 saturated carbocycles. The Morgan fingerprint density at radius 3 is 2.34 bits per heavy atom. The highest BCUT2D eigenvalue weighted by Gasteiger charge is 2.18. The highest BCUT2D eigenvalue weighted by atomic mass is 127. The molecule has 2 aromatic rings. The van der Waals surface area contributed by atoms with E-state index in [-0.39, 0.29) is 24.0 Å². The molecule has 1 aromatic carbocycles. The fourth-order valence-corrected chi connectivity index (χ4v) is 3.43. The summed E-state index contributed by atoms with van der Waals surface area (Å²) >= 11 is 0. The van der Waals surface area contributed by atoms with Gasteiger partial charge in [-0.3, -0.25) is 9.89 Å². The number of halogens is 1. The molecule has 1 aromatic heterocycles. The van der Waals surface area contributed by atoms with Crippen LogP contribution in [0.4, 0.5) is 5.95 Å². The minimum Gasteiger partial charge on any atom is -0.355 e. The summed E-state index contributed by atoms with van der Waals surface area (Å²) in [4.78, 5) is 17.7. The molecule has 1 fully saturated rings. The number of nitrogens with zero attached hydrogens (tertiary/aromatic N) is 5. The lowest BCUT2D eigenvalue weighted by molar-refractivity contribution is 0.260. The zero-order valence-corrected chi connectivity index (χ0v) is 19.7. The third-order valence-corrected chi connectivity index (χ3v) is 5.10. The summed E-state index contributed by atoms with van der Waals surface area (Å²) in [6, 6.07) is 10.4. The molecule has 158 valence electrons. The van der Waals surface area contributed by atoms with E-state index >= 15 is 0 Å². The Balaban J connectivity index is 0.00000300. The Morgan fingerprint density at radius 2 is 1.69 bits per heavy atom. The number of hydrogen-bond acceptors (Lipinski definition) is 5. The number of rotatable bonds is 7. The molecule has 29 heavy (non-hydrogen) atoms. The highest BCUT2D eigenvalue weighted by Crippen LogP contribution is 2.10. The van der Waals surface area contributed by atoms with Gasteiger partial charge in [-0.1, -0.05) is 31.2 Å². The largest absolute Gasteiger partial charge is 0.355 e. The Morgan fingerprint density at radius 1 is 1.00 bits per heavy atom. The van der Waals surface area contributed by atoms with Crippen molar-refractivity contribution in [2.24, 2.45) is 4.99 Å². The van der Waals surface area contributed by atoms with Crippen molar-refractivity contribution in [2.75, 3.05) is 51.2 Å². The molecule has 0 unspecified atom stereocenters. The predicted octanol–water partition coefficient (Wildman–Crippen LogP) is 2.14. The van der Waals surface area contributed by atoms with Crippen molar-refractivity contribution in [3.63, 3.8) is 0 Å². The van der Waals surface area contributed by atoms with E-state index in [1.165, 1.54) is 11.1 Å². The fraction of sp³-hybridized carbons (Fsp3) is 0.476. The van der Waals surface area contributed by atoms with E-state index in [4.69, 9.17) is 0 Å². The van der Waals surface area contributed by atoms with Gasteiger partial charge < -0.3 is 15.5 Å². The molecule has 0 spiro atoms. The molecule has 2 heterocycles. The van der Waals surface area contributed by atoms with Crippen molar-refractivity contribution in [1.29, 1.82) is 0 Å². The maximum Gasteiger partial charge on any atom is 0.225 e. The SMILES string of the molecule is CCc1ccccc1CNC(=NC)NCCN1CCN(c2ncccn2)CC1.I. The molecular formula is C21H32IN7. The van der Waals surface area contributed by atoms with Crippen LogP contribution in [0.1, 0.15) is 18.1 Å². The van der Waals surface area contributed by atoms with E-state index in [1.54, 1.807) is 12.4 Å². The van der Waals surface area contributed by atoms with E-state index < -0.39 is 0 Å². The third-order valence-electron chi connectivity index (χ3n) is 5.10. The molecule has 3 rings (SSSR count). The van der Waals surface area contributed by atoms with Gasteiger partial charge in [0.25, 0.3) is 0 Å². The lowest BCUT2D eigenvalue weighted by Gasteiger charge is -2.34. The van der Waals surface area contributed by atoms with Crippen LogP contribution < -0.4 is 15.5 Å². The zero-order valence-electron chi connectivity index (χ0n) is 17.3. The van der Waals surface area contributed by atoms with E-state index in [0.717, 1.165) is 64.1 Å². The molecule has 2 N–H and O–H groups in total. The van der Waals surface area contributed by atoms with Crippen molar-refractivity contribution < 1.29 is 0 Å². The molecule has 0 radical (unpaired) electrons. The number of benzene rings is 1. The number of piperazine rings is 1. The molecule has 8 heteroatoms. The number of hydrogen-bond donors (Lipinski definition) is 2. The first-order chi connectivity index (χ1) is 13.8. The summed E-state index contributed by atoms with van der Waals surface area (Å²) in [5, 5.41) is 6.85. The number of guanidine groups is 1. The van der Waals surface area contributed by atoms with Gasteiger partial charge in [-0.2, -0.15) is 0 Å². The van der Waals surface area contributed by atoms with Crippen LogP contribution in [-0.2, 0) is 13.0 Å². The topological polar surface area (TPSA) is 68.7 Å². The molecule has 1 aliphatic rings. The molecule has 0 bridgehead atoms. The van der Waals surface area contributed by atoms with Gasteiger partial charge in [0.1, 0.15) is 0 Å². The average molecular weight is 509 g/mol. The monoisotopic (exact) mass is 509 g/mol. The Labute approximate surface area is 191 Å². The zero-order chi connectivity index (χ0) is 19.6. The Bertz CT molecular complexity index is 746. The normalized spacial score (nSPS) is 15.0. The second-order valence-corrected chi connectivity index (χ2v) is 6.85. The second kappa shape index (κ2) is 12.6. The number of aromatic nitrogens is 2. The van der Waals surface area contributed by atoms with E-state index in [0.29, 0.717) is 0 Å². The first kappa shape index (κ1) is 23.3. The van der Waals surface area contributed by atoms with Crippen molar-refractivity contribution in [3.8, 4) is 0 Å². The minimum absolute atomic E-state index is 0. The number of aryl methyl sites for hydroxylation is 1. The first-order valence-electron chi connectivity index (χ1n) is 10.1. The van der Waals surface area contributed by atoms with Crippen molar-refractivity contribution in [2.45, 2.75) is 19.9 Å². The maximum absolute atomic E-state index is 4.34. The van der Waals surface area contributed by atoms with Crippen molar-refractivity contribution in [1.82, 2.24) is 25.5 Å². The number of nitrogens with one attached hydrogen (secondary N) is 2. The standard InChI is InChI=1S/C21H31N7.HI/c1-3-18-7-4-5-8-19(18)17-26-20(22-2)23-11-12-27-13-15-28(16-14-27)21-24-9-6-10-25-21;/h4-10H,3,11-17H2,1-2H3,(H2,22,23,26);1H. The van der Waals surface area contributed by atoms with Crippen molar-refractivity contribution in [3.05, 3.63) is 53.9 Å². The van der Waals surface area contributed by atoms with Gasteiger partial charge in [0.05, 0.1) is 0 Å². The van der Waals surface area contributed by atoms with Crippen LogP contribution in [-0.4, -0.2) is 67.1 Å². The van der Waals surface area contributed by atoms with Gasteiger partial charge in [-0.15, -0.1) is 24.0 Å². The summed E-state index contributed by atoms with van der Waals surface area (Å²) in [7, 11) is 1.82. The maximum atomic E-state index is 4.34. The highest BCUT2D eigenvalue weighted by molar-refractivity contribution is 14.0. The molecule has 0 amide bonds.